The normalized spacial score (nSPS) is 12.1. The molecule has 0 aliphatic heterocycles. The van der Waals surface area contributed by atoms with Gasteiger partial charge < -0.3 is 14.8 Å². The summed E-state index contributed by atoms with van der Waals surface area (Å²) in [5.41, 5.74) is 0.304. The van der Waals surface area contributed by atoms with Crippen LogP contribution in [0.25, 0.3) is 10.8 Å². The number of rotatable bonds is 5. The van der Waals surface area contributed by atoms with Gasteiger partial charge in [-0.1, -0.05) is 0 Å². The summed E-state index contributed by atoms with van der Waals surface area (Å²) >= 11 is 1.36. The minimum atomic E-state index is -0.955. The van der Waals surface area contributed by atoms with Crippen molar-refractivity contribution in [1.29, 1.82) is 0 Å². The van der Waals surface area contributed by atoms with E-state index < -0.39 is 12.0 Å². The zero-order valence-electron chi connectivity index (χ0n) is 11.0. The van der Waals surface area contributed by atoms with Crippen molar-refractivity contribution in [3.8, 4) is 10.8 Å². The van der Waals surface area contributed by atoms with E-state index in [1.807, 2.05) is 0 Å². The van der Waals surface area contributed by atoms with Gasteiger partial charge in [-0.3, -0.25) is 9.59 Å². The molecule has 6 nitrogen and oxygen atoms in total. The van der Waals surface area contributed by atoms with Crippen molar-refractivity contribution in [1.82, 2.24) is 10.3 Å². The van der Waals surface area contributed by atoms with Crippen LogP contribution in [0, 0.1) is 6.92 Å². The second kappa shape index (κ2) is 5.87. The maximum Gasteiger partial charge on any atom is 0.305 e. The van der Waals surface area contributed by atoms with E-state index in [4.69, 9.17) is 9.52 Å². The van der Waals surface area contributed by atoms with Crippen LogP contribution in [0.1, 0.15) is 28.7 Å². The van der Waals surface area contributed by atoms with E-state index in [0.29, 0.717) is 16.5 Å². The van der Waals surface area contributed by atoms with E-state index in [2.05, 4.69) is 10.3 Å². The van der Waals surface area contributed by atoms with Crippen LogP contribution < -0.4 is 5.32 Å². The van der Waals surface area contributed by atoms with Gasteiger partial charge in [0, 0.05) is 10.9 Å². The zero-order chi connectivity index (χ0) is 14.7. The Morgan fingerprint density at radius 1 is 1.55 bits per heavy atom. The molecule has 2 aromatic rings. The molecule has 1 unspecified atom stereocenters. The first-order valence-electron chi connectivity index (χ1n) is 6.01. The maximum absolute atomic E-state index is 12.0. The minimum absolute atomic E-state index is 0.125. The Balaban J connectivity index is 2.13. The van der Waals surface area contributed by atoms with E-state index in [0.717, 1.165) is 4.88 Å². The van der Waals surface area contributed by atoms with E-state index in [1.165, 1.54) is 11.3 Å². The van der Waals surface area contributed by atoms with Gasteiger partial charge in [0.25, 0.3) is 5.91 Å². The standard InChI is InChI=1S/C13H14N2O4S/c1-7(6-10(16)17)14-12(18)11-8(2)20-13(15-11)9-4-3-5-19-9/h3-5,7H,6H2,1-2H3,(H,14,18)(H,16,17). The number of hydrogen-bond acceptors (Lipinski definition) is 5. The van der Waals surface area contributed by atoms with Crippen molar-refractivity contribution in [3.05, 3.63) is 29.0 Å². The van der Waals surface area contributed by atoms with E-state index in [-0.39, 0.29) is 12.3 Å². The molecule has 0 spiro atoms. The number of aromatic nitrogens is 1. The molecule has 0 bridgehead atoms. The molecule has 0 saturated heterocycles. The Morgan fingerprint density at radius 2 is 2.30 bits per heavy atom. The summed E-state index contributed by atoms with van der Waals surface area (Å²) in [5.74, 6) is -0.717. The van der Waals surface area contributed by atoms with Gasteiger partial charge in [-0.15, -0.1) is 11.3 Å². The second-order valence-corrected chi connectivity index (χ2v) is 5.58. The van der Waals surface area contributed by atoms with Gasteiger partial charge in [0.2, 0.25) is 0 Å². The molecule has 0 radical (unpaired) electrons. The lowest BCUT2D eigenvalue weighted by Crippen LogP contribution is -2.34. The smallest absolute Gasteiger partial charge is 0.305 e. The lowest BCUT2D eigenvalue weighted by molar-refractivity contribution is -0.137. The van der Waals surface area contributed by atoms with Crippen LogP contribution in [-0.2, 0) is 4.79 Å². The van der Waals surface area contributed by atoms with Gasteiger partial charge in [-0.2, -0.15) is 0 Å². The summed E-state index contributed by atoms with van der Waals surface area (Å²) < 4.78 is 5.24. The quantitative estimate of drug-likeness (QED) is 0.882. The van der Waals surface area contributed by atoms with Gasteiger partial charge in [-0.25, -0.2) is 4.98 Å². The van der Waals surface area contributed by atoms with Gasteiger partial charge in [-0.05, 0) is 26.0 Å². The fourth-order valence-corrected chi connectivity index (χ4v) is 2.60. The molecule has 0 fully saturated rings. The highest BCUT2D eigenvalue weighted by Crippen LogP contribution is 2.27. The van der Waals surface area contributed by atoms with Crippen molar-refractivity contribution in [2.24, 2.45) is 0 Å². The SMILES string of the molecule is Cc1sc(-c2ccco2)nc1C(=O)NC(C)CC(=O)O. The Bertz CT molecular complexity index is 618. The first-order valence-corrected chi connectivity index (χ1v) is 6.83. The third-order valence-corrected chi connectivity index (χ3v) is 3.59. The fraction of sp³-hybridized carbons (Fsp3) is 0.308. The monoisotopic (exact) mass is 294 g/mol. The molecule has 0 aromatic carbocycles. The number of carbonyl (C=O) groups excluding carboxylic acids is 1. The number of carboxylic acid groups (broad SMARTS) is 1. The van der Waals surface area contributed by atoms with Crippen molar-refractivity contribution >= 4 is 23.2 Å². The third kappa shape index (κ3) is 3.24. The fourth-order valence-electron chi connectivity index (χ4n) is 1.72. The topological polar surface area (TPSA) is 92.4 Å². The summed E-state index contributed by atoms with van der Waals surface area (Å²) in [7, 11) is 0. The summed E-state index contributed by atoms with van der Waals surface area (Å²) in [5, 5.41) is 11.9. The molecule has 2 N–H and O–H groups in total. The molecule has 1 atom stereocenters. The molecule has 20 heavy (non-hydrogen) atoms. The number of hydrogen-bond donors (Lipinski definition) is 2. The summed E-state index contributed by atoms with van der Waals surface area (Å²) in [6.45, 7) is 3.43. The Hall–Kier alpha value is -2.15. The number of aryl methyl sites for hydroxylation is 1. The second-order valence-electron chi connectivity index (χ2n) is 4.37. The summed E-state index contributed by atoms with van der Waals surface area (Å²) in [6.07, 6.45) is 1.42. The number of carboxylic acids is 1. The van der Waals surface area contributed by atoms with E-state index >= 15 is 0 Å². The molecule has 2 aromatic heterocycles. The number of carbonyl (C=O) groups is 2. The van der Waals surface area contributed by atoms with Gasteiger partial charge in [0.1, 0.15) is 5.69 Å². The first kappa shape index (κ1) is 14.3. The zero-order valence-corrected chi connectivity index (χ0v) is 11.9. The largest absolute Gasteiger partial charge is 0.481 e. The molecular weight excluding hydrogens is 280 g/mol. The molecular formula is C13H14N2O4S. The number of nitrogens with zero attached hydrogens (tertiary/aromatic N) is 1. The molecule has 106 valence electrons. The van der Waals surface area contributed by atoms with Crippen molar-refractivity contribution in [2.75, 3.05) is 0 Å². The predicted molar refractivity (Wildman–Crippen MR) is 73.7 cm³/mol. The van der Waals surface area contributed by atoms with E-state index in [1.54, 1.807) is 32.2 Å². The predicted octanol–water partition coefficient (Wildman–Crippen LogP) is 2.30. The Morgan fingerprint density at radius 3 is 2.90 bits per heavy atom. The molecule has 1 amide bonds. The Labute approximate surface area is 119 Å². The molecule has 7 heteroatoms. The van der Waals surface area contributed by atoms with Crippen LogP contribution in [-0.4, -0.2) is 28.0 Å². The van der Waals surface area contributed by atoms with Gasteiger partial charge >= 0.3 is 5.97 Å². The van der Waals surface area contributed by atoms with Crippen LogP contribution in [0.2, 0.25) is 0 Å². The summed E-state index contributed by atoms with van der Waals surface area (Å²) in [4.78, 5) is 27.6. The molecule has 0 saturated carbocycles. The third-order valence-electron chi connectivity index (χ3n) is 2.60. The van der Waals surface area contributed by atoms with Crippen LogP contribution in [0.3, 0.4) is 0 Å². The minimum Gasteiger partial charge on any atom is -0.481 e. The first-order chi connectivity index (χ1) is 9.47. The average Bonchev–Trinajstić information content (AvgIpc) is 2.95. The highest BCUT2D eigenvalue weighted by Gasteiger charge is 2.19. The Kier molecular flexibility index (Phi) is 4.19. The van der Waals surface area contributed by atoms with Crippen molar-refractivity contribution < 1.29 is 19.1 Å². The number of aliphatic carboxylic acids is 1. The number of nitrogens with one attached hydrogen (secondary N) is 1. The number of thiazole rings is 1. The number of amides is 1. The highest BCUT2D eigenvalue weighted by molar-refractivity contribution is 7.15. The average molecular weight is 294 g/mol. The molecule has 2 rings (SSSR count). The number of furan rings is 1. The lowest BCUT2D eigenvalue weighted by Gasteiger charge is -2.10. The van der Waals surface area contributed by atoms with Gasteiger partial charge in [0.05, 0.1) is 12.7 Å². The van der Waals surface area contributed by atoms with Crippen LogP contribution in [0.5, 0.6) is 0 Å². The molecule has 2 heterocycles. The summed E-state index contributed by atoms with van der Waals surface area (Å²) in [6, 6.07) is 3.07. The lowest BCUT2D eigenvalue weighted by atomic mass is 10.2. The van der Waals surface area contributed by atoms with Crippen LogP contribution in [0.15, 0.2) is 22.8 Å². The maximum atomic E-state index is 12.0. The van der Waals surface area contributed by atoms with Gasteiger partial charge in [0.15, 0.2) is 10.8 Å². The highest BCUT2D eigenvalue weighted by atomic mass is 32.1. The van der Waals surface area contributed by atoms with E-state index in [9.17, 15) is 9.59 Å². The van der Waals surface area contributed by atoms with Crippen molar-refractivity contribution in [2.45, 2.75) is 26.3 Å². The van der Waals surface area contributed by atoms with Crippen LogP contribution >= 0.6 is 11.3 Å². The molecule has 0 aliphatic carbocycles. The molecule has 0 aliphatic rings. The van der Waals surface area contributed by atoms with Crippen LogP contribution in [0.4, 0.5) is 0 Å². The van der Waals surface area contributed by atoms with Crippen molar-refractivity contribution in [3.63, 3.8) is 0 Å².